The molecule has 1 N–H and O–H groups in total. The Labute approximate surface area is 133 Å². The number of hydrogen-bond acceptors (Lipinski definition) is 3. The number of benzene rings is 1. The van der Waals surface area contributed by atoms with E-state index in [1.165, 1.54) is 34.0 Å². The number of halogens is 1. The van der Waals surface area contributed by atoms with Crippen LogP contribution in [-0.2, 0) is 14.9 Å². The zero-order valence-electron chi connectivity index (χ0n) is 12.2. The SMILES string of the molecule is CC1OC(/C=C2\CC3(CCNCC3)c3c(Br)cccc32)O1. The van der Waals surface area contributed by atoms with Crippen LogP contribution in [0.4, 0.5) is 0 Å². The summed E-state index contributed by atoms with van der Waals surface area (Å²) >= 11 is 3.78. The number of fused-ring (bicyclic) bond motifs is 2. The van der Waals surface area contributed by atoms with Crippen LogP contribution in [0.15, 0.2) is 28.7 Å². The second-order valence-corrected chi connectivity index (χ2v) is 7.12. The minimum absolute atomic E-state index is 0.0666. The van der Waals surface area contributed by atoms with Gasteiger partial charge in [0.05, 0.1) is 0 Å². The molecule has 0 bridgehead atoms. The summed E-state index contributed by atoms with van der Waals surface area (Å²) in [6.07, 6.45) is 5.43. The van der Waals surface area contributed by atoms with Crippen molar-refractivity contribution in [3.8, 4) is 0 Å². The largest absolute Gasteiger partial charge is 0.320 e. The van der Waals surface area contributed by atoms with Gasteiger partial charge >= 0.3 is 0 Å². The molecule has 3 aliphatic rings. The summed E-state index contributed by atoms with van der Waals surface area (Å²) in [4.78, 5) is 0. The Hall–Kier alpha value is -0.680. The standard InChI is InChI=1S/C17H20BrNO2/c1-11-20-15(21-11)9-12-10-17(5-7-19-8-6-17)16-13(12)3-2-4-14(16)18/h2-4,9,11,15,19H,5-8,10H2,1H3/b12-9+. The molecule has 3 nitrogen and oxygen atoms in total. The number of hydrogen-bond donors (Lipinski definition) is 1. The van der Waals surface area contributed by atoms with Crippen molar-refractivity contribution < 1.29 is 9.47 Å². The lowest BCUT2D eigenvalue weighted by Gasteiger charge is -2.35. The first-order chi connectivity index (χ1) is 10.2. The molecule has 2 heterocycles. The van der Waals surface area contributed by atoms with Crippen molar-refractivity contribution in [2.45, 2.75) is 44.2 Å². The summed E-state index contributed by atoms with van der Waals surface area (Å²) in [5.41, 5.74) is 4.52. The Balaban J connectivity index is 1.75. The highest BCUT2D eigenvalue weighted by molar-refractivity contribution is 9.10. The highest BCUT2D eigenvalue weighted by atomic mass is 79.9. The van der Waals surface area contributed by atoms with E-state index < -0.39 is 0 Å². The van der Waals surface area contributed by atoms with Crippen molar-refractivity contribution >= 4 is 21.5 Å². The summed E-state index contributed by atoms with van der Waals surface area (Å²) in [6.45, 7) is 4.13. The van der Waals surface area contributed by atoms with Gasteiger partial charge in [-0.05, 0) is 68.1 Å². The van der Waals surface area contributed by atoms with Crippen molar-refractivity contribution in [2.24, 2.45) is 0 Å². The number of nitrogens with one attached hydrogen (secondary N) is 1. The molecule has 0 unspecified atom stereocenters. The van der Waals surface area contributed by atoms with Gasteiger partial charge in [-0.25, -0.2) is 0 Å². The predicted octanol–water partition coefficient (Wildman–Crippen LogP) is 3.58. The molecule has 2 aliphatic heterocycles. The summed E-state index contributed by atoms with van der Waals surface area (Å²) < 4.78 is 12.4. The van der Waals surface area contributed by atoms with E-state index in [-0.39, 0.29) is 18.0 Å². The zero-order chi connectivity index (χ0) is 14.4. The van der Waals surface area contributed by atoms with Crippen LogP contribution in [0.3, 0.4) is 0 Å². The van der Waals surface area contributed by atoms with Crippen molar-refractivity contribution in [1.82, 2.24) is 5.32 Å². The minimum Gasteiger partial charge on any atom is -0.320 e. The molecule has 1 spiro atoms. The minimum atomic E-state index is -0.168. The summed E-state index contributed by atoms with van der Waals surface area (Å²) in [7, 11) is 0. The van der Waals surface area contributed by atoms with E-state index in [0.29, 0.717) is 0 Å². The number of piperidine rings is 1. The van der Waals surface area contributed by atoms with Crippen LogP contribution in [0.5, 0.6) is 0 Å². The van der Waals surface area contributed by atoms with Crippen LogP contribution in [0.25, 0.3) is 5.57 Å². The van der Waals surface area contributed by atoms with E-state index in [0.717, 1.165) is 19.5 Å². The van der Waals surface area contributed by atoms with Gasteiger partial charge in [0.15, 0.2) is 12.6 Å². The first kappa shape index (κ1) is 13.9. The van der Waals surface area contributed by atoms with E-state index in [4.69, 9.17) is 9.47 Å². The average molecular weight is 350 g/mol. The van der Waals surface area contributed by atoms with Crippen LogP contribution in [0.2, 0.25) is 0 Å². The van der Waals surface area contributed by atoms with E-state index >= 15 is 0 Å². The Morgan fingerprint density at radius 3 is 2.76 bits per heavy atom. The maximum Gasteiger partial charge on any atom is 0.183 e. The predicted molar refractivity (Wildman–Crippen MR) is 85.9 cm³/mol. The Morgan fingerprint density at radius 1 is 1.29 bits per heavy atom. The Morgan fingerprint density at radius 2 is 2.05 bits per heavy atom. The highest BCUT2D eigenvalue weighted by Gasteiger charge is 2.43. The first-order valence-electron chi connectivity index (χ1n) is 7.70. The fourth-order valence-corrected chi connectivity index (χ4v) is 4.78. The molecule has 0 aromatic heterocycles. The highest BCUT2D eigenvalue weighted by Crippen LogP contribution is 2.53. The molecule has 0 atom stereocenters. The van der Waals surface area contributed by atoms with Gasteiger partial charge in [-0.1, -0.05) is 28.1 Å². The fraction of sp³-hybridized carbons (Fsp3) is 0.529. The lowest BCUT2D eigenvalue weighted by molar-refractivity contribution is -0.354. The number of rotatable bonds is 1. The van der Waals surface area contributed by atoms with Crippen molar-refractivity contribution in [2.75, 3.05) is 13.1 Å². The molecule has 2 fully saturated rings. The zero-order valence-corrected chi connectivity index (χ0v) is 13.8. The normalized spacial score (nSPS) is 32.2. The maximum atomic E-state index is 5.60. The van der Waals surface area contributed by atoms with E-state index in [1.807, 2.05) is 6.92 Å². The summed E-state index contributed by atoms with van der Waals surface area (Å²) in [6, 6.07) is 6.54. The molecule has 0 radical (unpaired) electrons. The van der Waals surface area contributed by atoms with Crippen molar-refractivity contribution in [3.63, 3.8) is 0 Å². The van der Waals surface area contributed by atoms with Crippen LogP contribution < -0.4 is 5.32 Å². The molecule has 1 aliphatic carbocycles. The molecule has 1 aromatic carbocycles. The molecule has 1 aromatic rings. The van der Waals surface area contributed by atoms with Gasteiger partial charge in [0, 0.05) is 9.89 Å². The van der Waals surface area contributed by atoms with Gasteiger partial charge in [0.25, 0.3) is 0 Å². The van der Waals surface area contributed by atoms with Gasteiger partial charge in [-0.15, -0.1) is 0 Å². The second kappa shape index (κ2) is 5.20. The van der Waals surface area contributed by atoms with Crippen molar-refractivity contribution in [1.29, 1.82) is 0 Å². The topological polar surface area (TPSA) is 30.5 Å². The molecule has 4 heteroatoms. The van der Waals surface area contributed by atoms with Crippen LogP contribution in [0, 0.1) is 0 Å². The van der Waals surface area contributed by atoms with Crippen molar-refractivity contribution in [3.05, 3.63) is 39.9 Å². The average Bonchev–Trinajstić information content (AvgIpc) is 2.73. The molecular formula is C17H20BrNO2. The summed E-state index contributed by atoms with van der Waals surface area (Å²) in [5, 5.41) is 3.49. The third kappa shape index (κ3) is 2.29. The third-order valence-corrected chi connectivity index (χ3v) is 5.63. The van der Waals surface area contributed by atoms with E-state index in [1.54, 1.807) is 0 Å². The molecule has 4 rings (SSSR count). The lowest BCUT2D eigenvalue weighted by atomic mass is 9.74. The smallest absolute Gasteiger partial charge is 0.183 e. The van der Waals surface area contributed by atoms with Crippen LogP contribution >= 0.6 is 15.9 Å². The Kier molecular flexibility index (Phi) is 3.45. The molecule has 2 saturated heterocycles. The van der Waals surface area contributed by atoms with Gasteiger partial charge in [0.2, 0.25) is 0 Å². The van der Waals surface area contributed by atoms with Gasteiger partial charge in [-0.3, -0.25) is 0 Å². The first-order valence-corrected chi connectivity index (χ1v) is 8.49. The van der Waals surface area contributed by atoms with Gasteiger partial charge < -0.3 is 14.8 Å². The molecular weight excluding hydrogens is 330 g/mol. The number of allylic oxidation sites excluding steroid dienone is 1. The molecule has 21 heavy (non-hydrogen) atoms. The molecule has 0 amide bonds. The molecule has 112 valence electrons. The monoisotopic (exact) mass is 349 g/mol. The molecule has 0 saturated carbocycles. The summed E-state index contributed by atoms with van der Waals surface area (Å²) in [5.74, 6) is 0. The van der Waals surface area contributed by atoms with Gasteiger partial charge in [-0.2, -0.15) is 0 Å². The number of ether oxygens (including phenoxy) is 2. The fourth-order valence-electron chi connectivity index (χ4n) is 3.99. The van der Waals surface area contributed by atoms with E-state index in [9.17, 15) is 0 Å². The van der Waals surface area contributed by atoms with Crippen LogP contribution in [0.1, 0.15) is 37.3 Å². The van der Waals surface area contributed by atoms with Crippen LogP contribution in [-0.4, -0.2) is 25.7 Å². The Bertz CT molecular complexity index is 586. The van der Waals surface area contributed by atoms with Gasteiger partial charge in [0.1, 0.15) is 0 Å². The maximum absolute atomic E-state index is 5.60. The van der Waals surface area contributed by atoms with E-state index in [2.05, 4.69) is 45.5 Å². The third-order valence-electron chi connectivity index (χ3n) is 4.97. The lowest BCUT2D eigenvalue weighted by Crippen LogP contribution is -2.38. The second-order valence-electron chi connectivity index (χ2n) is 6.27. The quantitative estimate of drug-likeness (QED) is 0.840.